The van der Waals surface area contributed by atoms with E-state index in [2.05, 4.69) is 45.3 Å². The fourth-order valence-electron chi connectivity index (χ4n) is 1.37. The second-order valence-corrected chi connectivity index (χ2v) is 4.35. The van der Waals surface area contributed by atoms with Gasteiger partial charge in [-0.1, -0.05) is 23.8 Å². The molecule has 0 bridgehead atoms. The van der Waals surface area contributed by atoms with Crippen LogP contribution in [0.25, 0.3) is 0 Å². The Morgan fingerprint density at radius 3 is 2.12 bits per heavy atom. The van der Waals surface area contributed by atoms with Gasteiger partial charge in [0.15, 0.2) is 0 Å². The highest BCUT2D eigenvalue weighted by molar-refractivity contribution is 5.98. The van der Waals surface area contributed by atoms with E-state index in [0.717, 1.165) is 24.1 Å². The summed E-state index contributed by atoms with van der Waals surface area (Å²) in [7, 11) is 0. The first-order valence-corrected chi connectivity index (χ1v) is 5.66. The van der Waals surface area contributed by atoms with Crippen molar-refractivity contribution < 1.29 is 0 Å². The molecule has 0 fully saturated rings. The molecule has 0 spiro atoms. The lowest BCUT2D eigenvalue weighted by atomic mass is 10.0. The monoisotopic (exact) mass is 220 g/mol. The molecule has 2 nitrogen and oxygen atoms in total. The lowest BCUT2D eigenvalue weighted by Gasteiger charge is -2.10. The Morgan fingerprint density at radius 1 is 1.19 bits per heavy atom. The van der Waals surface area contributed by atoms with Crippen molar-refractivity contribution >= 4 is 5.84 Å². The molecular formula is C14H24N2. The minimum Gasteiger partial charge on any atom is -0.383 e. The van der Waals surface area contributed by atoms with Crippen molar-refractivity contribution in [2.75, 3.05) is 0 Å². The molecule has 0 aromatic carbocycles. The van der Waals surface area contributed by atoms with Gasteiger partial charge in [-0.2, -0.15) is 0 Å². The van der Waals surface area contributed by atoms with Gasteiger partial charge in [0.05, 0.1) is 0 Å². The summed E-state index contributed by atoms with van der Waals surface area (Å²) in [4.78, 5) is 4.23. The first-order chi connectivity index (χ1) is 7.38. The molecular weight excluding hydrogens is 196 g/mol. The molecule has 0 amide bonds. The van der Waals surface area contributed by atoms with Gasteiger partial charge in [0.1, 0.15) is 5.84 Å². The van der Waals surface area contributed by atoms with E-state index in [-0.39, 0.29) is 0 Å². The molecule has 2 heteroatoms. The van der Waals surface area contributed by atoms with E-state index in [1.54, 1.807) is 0 Å². The maximum atomic E-state index is 5.96. The van der Waals surface area contributed by atoms with Crippen molar-refractivity contribution in [3.63, 3.8) is 0 Å². The van der Waals surface area contributed by atoms with Crippen molar-refractivity contribution in [3.05, 3.63) is 35.1 Å². The normalized spacial score (nSPS) is 12.6. The molecule has 0 saturated heterocycles. The quantitative estimate of drug-likeness (QED) is 0.425. The molecule has 0 atom stereocenters. The molecule has 0 heterocycles. The highest BCUT2D eigenvalue weighted by Gasteiger charge is 2.05. The van der Waals surface area contributed by atoms with Gasteiger partial charge in [-0.25, -0.2) is 4.99 Å². The van der Waals surface area contributed by atoms with Crippen LogP contribution in [-0.2, 0) is 0 Å². The smallest absolute Gasteiger partial charge is 0.126 e. The van der Waals surface area contributed by atoms with Crippen LogP contribution in [0.3, 0.4) is 0 Å². The minimum atomic E-state index is 0.608. The third-order valence-electron chi connectivity index (χ3n) is 2.49. The molecule has 0 aliphatic carbocycles. The fourth-order valence-corrected chi connectivity index (χ4v) is 1.37. The van der Waals surface area contributed by atoms with Crippen LogP contribution >= 0.6 is 0 Å². The zero-order valence-corrected chi connectivity index (χ0v) is 11.2. The number of nitrogens with zero attached hydrogens (tertiary/aromatic N) is 1. The number of aliphatic imine (C=N–C) groups is 1. The summed E-state index contributed by atoms with van der Waals surface area (Å²) in [6.45, 7) is 13.9. The number of hydrogen-bond donors (Lipinski definition) is 1. The summed E-state index contributed by atoms with van der Waals surface area (Å²) in [5.74, 6) is 0.608. The predicted octanol–water partition coefficient (Wildman–Crippen LogP) is 3.96. The fraction of sp³-hybridized carbons (Fsp3) is 0.500. The van der Waals surface area contributed by atoms with Crippen LogP contribution in [0, 0.1) is 0 Å². The Hall–Kier alpha value is -1.31. The van der Waals surface area contributed by atoms with E-state index in [1.807, 2.05) is 6.92 Å². The molecule has 0 aromatic rings. The number of allylic oxidation sites excluding steroid dienone is 4. The topological polar surface area (TPSA) is 38.4 Å². The Bertz CT molecular complexity index is 340. The first kappa shape index (κ1) is 14.7. The van der Waals surface area contributed by atoms with Gasteiger partial charge in [0.2, 0.25) is 0 Å². The molecule has 0 aromatic heterocycles. The van der Waals surface area contributed by atoms with Crippen LogP contribution in [0.5, 0.6) is 0 Å². The standard InChI is InChI=1S/C14H24N2/c1-7-12(6)8-9-13(10(2)3)14(15)16-11(4)5/h7H,4,8-9H2,1-3,5-6H3,(H2,15,16)/b12-7-. The largest absolute Gasteiger partial charge is 0.383 e. The van der Waals surface area contributed by atoms with Gasteiger partial charge in [-0.05, 0) is 53.0 Å². The van der Waals surface area contributed by atoms with E-state index >= 15 is 0 Å². The van der Waals surface area contributed by atoms with Gasteiger partial charge in [-0.15, -0.1) is 0 Å². The summed E-state index contributed by atoms with van der Waals surface area (Å²) >= 11 is 0. The van der Waals surface area contributed by atoms with Gasteiger partial charge in [-0.3, -0.25) is 0 Å². The predicted molar refractivity (Wildman–Crippen MR) is 73.5 cm³/mol. The lowest BCUT2D eigenvalue weighted by molar-refractivity contribution is 0.935. The number of rotatable bonds is 5. The number of amidine groups is 1. The average Bonchev–Trinajstić information content (AvgIpc) is 2.15. The second kappa shape index (κ2) is 7.04. The maximum absolute atomic E-state index is 5.96. The Labute approximate surface area is 99.6 Å². The molecule has 0 unspecified atom stereocenters. The summed E-state index contributed by atoms with van der Waals surface area (Å²) in [6.07, 6.45) is 4.11. The summed E-state index contributed by atoms with van der Waals surface area (Å²) in [5, 5.41) is 0. The van der Waals surface area contributed by atoms with E-state index in [1.165, 1.54) is 11.1 Å². The molecule has 0 radical (unpaired) electrons. The molecule has 16 heavy (non-hydrogen) atoms. The van der Waals surface area contributed by atoms with Crippen LogP contribution < -0.4 is 5.73 Å². The second-order valence-electron chi connectivity index (χ2n) is 4.35. The zero-order valence-electron chi connectivity index (χ0n) is 11.2. The molecule has 0 aliphatic heterocycles. The Kier molecular flexibility index (Phi) is 6.47. The Balaban J connectivity index is 4.80. The maximum Gasteiger partial charge on any atom is 0.126 e. The molecule has 0 rings (SSSR count). The summed E-state index contributed by atoms with van der Waals surface area (Å²) < 4.78 is 0. The molecule has 0 aliphatic rings. The van der Waals surface area contributed by atoms with Crippen LogP contribution in [0.15, 0.2) is 40.1 Å². The average molecular weight is 220 g/mol. The lowest BCUT2D eigenvalue weighted by Crippen LogP contribution is -2.16. The van der Waals surface area contributed by atoms with Crippen molar-refractivity contribution in [2.45, 2.75) is 47.5 Å². The third kappa shape index (κ3) is 5.54. The van der Waals surface area contributed by atoms with Gasteiger partial charge in [0.25, 0.3) is 0 Å². The van der Waals surface area contributed by atoms with Crippen molar-refractivity contribution in [1.29, 1.82) is 0 Å². The van der Waals surface area contributed by atoms with E-state index < -0.39 is 0 Å². The zero-order chi connectivity index (χ0) is 12.7. The van der Waals surface area contributed by atoms with Crippen LogP contribution in [0.2, 0.25) is 0 Å². The van der Waals surface area contributed by atoms with Crippen LogP contribution in [0.1, 0.15) is 47.5 Å². The van der Waals surface area contributed by atoms with Crippen molar-refractivity contribution in [2.24, 2.45) is 10.7 Å². The van der Waals surface area contributed by atoms with Crippen LogP contribution in [0.4, 0.5) is 0 Å². The first-order valence-electron chi connectivity index (χ1n) is 5.66. The number of nitrogens with two attached hydrogens (primary N) is 1. The third-order valence-corrected chi connectivity index (χ3v) is 2.49. The molecule has 2 N–H and O–H groups in total. The van der Waals surface area contributed by atoms with Gasteiger partial charge < -0.3 is 5.73 Å². The van der Waals surface area contributed by atoms with E-state index in [4.69, 9.17) is 5.73 Å². The molecule has 90 valence electrons. The summed E-state index contributed by atoms with van der Waals surface area (Å²) in [6, 6.07) is 0. The highest BCUT2D eigenvalue weighted by Crippen LogP contribution is 2.15. The van der Waals surface area contributed by atoms with Crippen molar-refractivity contribution in [1.82, 2.24) is 0 Å². The van der Waals surface area contributed by atoms with E-state index in [9.17, 15) is 0 Å². The minimum absolute atomic E-state index is 0.608. The van der Waals surface area contributed by atoms with Gasteiger partial charge >= 0.3 is 0 Å². The highest BCUT2D eigenvalue weighted by atomic mass is 14.9. The molecule has 0 saturated carbocycles. The van der Waals surface area contributed by atoms with Crippen molar-refractivity contribution in [3.8, 4) is 0 Å². The van der Waals surface area contributed by atoms with Crippen LogP contribution in [-0.4, -0.2) is 5.84 Å². The Morgan fingerprint density at radius 2 is 1.75 bits per heavy atom. The number of hydrogen-bond acceptors (Lipinski definition) is 1. The SMILES string of the molecule is C=C(C)N=C(N)C(CC/C(C)=C\C)=C(C)C. The van der Waals surface area contributed by atoms with Gasteiger partial charge in [0, 0.05) is 5.70 Å². The van der Waals surface area contributed by atoms with E-state index in [0.29, 0.717) is 5.84 Å². The summed E-state index contributed by atoms with van der Waals surface area (Å²) in [5.41, 5.74) is 10.5.